The van der Waals surface area contributed by atoms with Gasteiger partial charge in [-0.2, -0.15) is 5.26 Å². The van der Waals surface area contributed by atoms with Crippen LogP contribution >= 0.6 is 15.9 Å². The second kappa shape index (κ2) is 10.6. The van der Waals surface area contributed by atoms with Crippen LogP contribution in [0.25, 0.3) is 0 Å². The number of anilines is 1. The molecule has 148 valence electrons. The zero-order valence-electron chi connectivity index (χ0n) is 14.9. The first-order valence-electron chi connectivity index (χ1n) is 8.18. The Morgan fingerprint density at radius 2 is 1.66 bits per heavy atom. The van der Waals surface area contributed by atoms with Crippen LogP contribution in [0.4, 0.5) is 5.69 Å². The van der Waals surface area contributed by atoms with Crippen molar-refractivity contribution in [3.05, 3.63) is 64.1 Å². The number of hydrazine groups is 1. The molecule has 0 aliphatic heterocycles. The minimum atomic E-state index is -0.757. The molecular formula is C19H15BrN4O5. The second-order valence-corrected chi connectivity index (χ2v) is 6.37. The van der Waals surface area contributed by atoms with Gasteiger partial charge in [-0.25, -0.2) is 4.79 Å². The monoisotopic (exact) mass is 458 g/mol. The maximum Gasteiger partial charge on any atom is 0.338 e. The average Bonchev–Trinajstić information content (AvgIpc) is 2.71. The molecule has 0 spiro atoms. The SMILES string of the molecule is N#CCC(=O)Nc1ccc(C(=O)OCC(=O)NNC(=O)c2ccccc2Br)cc1. The van der Waals surface area contributed by atoms with Gasteiger partial charge in [0, 0.05) is 10.2 Å². The van der Waals surface area contributed by atoms with Gasteiger partial charge in [-0.3, -0.25) is 25.2 Å². The van der Waals surface area contributed by atoms with Gasteiger partial charge in [0.15, 0.2) is 6.61 Å². The van der Waals surface area contributed by atoms with Crippen LogP contribution in [0.3, 0.4) is 0 Å². The maximum atomic E-state index is 12.0. The van der Waals surface area contributed by atoms with Crippen LogP contribution in [0.5, 0.6) is 0 Å². The van der Waals surface area contributed by atoms with Crippen molar-refractivity contribution in [2.45, 2.75) is 6.42 Å². The first-order valence-corrected chi connectivity index (χ1v) is 8.97. The quantitative estimate of drug-likeness (QED) is 0.446. The molecule has 2 rings (SSSR count). The first kappa shape index (κ1) is 21.6. The Labute approximate surface area is 174 Å². The summed E-state index contributed by atoms with van der Waals surface area (Å²) in [4.78, 5) is 47.0. The van der Waals surface area contributed by atoms with Crippen molar-refractivity contribution in [1.29, 1.82) is 5.26 Å². The Morgan fingerprint density at radius 1 is 0.966 bits per heavy atom. The molecule has 0 aliphatic rings. The van der Waals surface area contributed by atoms with E-state index in [2.05, 4.69) is 32.1 Å². The summed E-state index contributed by atoms with van der Waals surface area (Å²) in [7, 11) is 0. The van der Waals surface area contributed by atoms with Gasteiger partial charge in [0.25, 0.3) is 11.8 Å². The van der Waals surface area contributed by atoms with Crippen molar-refractivity contribution < 1.29 is 23.9 Å². The predicted octanol–water partition coefficient (Wildman–Crippen LogP) is 1.92. The molecular weight excluding hydrogens is 444 g/mol. The Morgan fingerprint density at radius 3 is 2.31 bits per heavy atom. The summed E-state index contributed by atoms with van der Waals surface area (Å²) in [6.45, 7) is -0.601. The van der Waals surface area contributed by atoms with Gasteiger partial charge in [-0.15, -0.1) is 0 Å². The lowest BCUT2D eigenvalue weighted by Gasteiger charge is -2.09. The molecule has 29 heavy (non-hydrogen) atoms. The van der Waals surface area contributed by atoms with E-state index >= 15 is 0 Å². The van der Waals surface area contributed by atoms with Crippen molar-refractivity contribution in [3.8, 4) is 6.07 Å². The zero-order chi connectivity index (χ0) is 21.2. The van der Waals surface area contributed by atoms with Gasteiger partial charge < -0.3 is 10.1 Å². The zero-order valence-corrected chi connectivity index (χ0v) is 16.5. The molecule has 0 radical (unpaired) electrons. The lowest BCUT2D eigenvalue weighted by atomic mass is 10.2. The first-order chi connectivity index (χ1) is 13.9. The van der Waals surface area contributed by atoms with Crippen LogP contribution in [-0.4, -0.2) is 30.3 Å². The van der Waals surface area contributed by atoms with Gasteiger partial charge in [-0.05, 0) is 52.3 Å². The number of rotatable bonds is 6. The fourth-order valence-corrected chi connectivity index (χ4v) is 2.52. The number of ether oxygens (including phenoxy) is 1. The standard InChI is InChI=1S/C19H15BrN4O5/c20-15-4-2-1-3-14(15)18(27)24-23-17(26)11-29-19(28)12-5-7-13(8-6-12)22-16(25)9-10-21/h1-8H,9,11H2,(H,22,25)(H,23,26)(H,24,27). The van der Waals surface area contributed by atoms with E-state index in [1.807, 2.05) is 0 Å². The van der Waals surface area contributed by atoms with Gasteiger partial charge in [-0.1, -0.05) is 12.1 Å². The van der Waals surface area contributed by atoms with Crippen molar-refractivity contribution in [3.63, 3.8) is 0 Å². The number of carbonyl (C=O) groups excluding carboxylic acids is 4. The third kappa shape index (κ3) is 6.75. The number of amides is 3. The number of carbonyl (C=O) groups is 4. The number of benzene rings is 2. The number of esters is 1. The van der Waals surface area contributed by atoms with Crippen molar-refractivity contribution in [1.82, 2.24) is 10.9 Å². The Hall–Kier alpha value is -3.71. The predicted molar refractivity (Wildman–Crippen MR) is 105 cm³/mol. The summed E-state index contributed by atoms with van der Waals surface area (Å²) in [6.07, 6.45) is -0.281. The fraction of sp³-hybridized carbons (Fsp3) is 0.105. The molecule has 0 bridgehead atoms. The average molecular weight is 459 g/mol. The third-order valence-corrected chi connectivity index (χ3v) is 4.10. The molecule has 0 aromatic heterocycles. The molecule has 0 fully saturated rings. The summed E-state index contributed by atoms with van der Waals surface area (Å²) in [6, 6.07) is 14.1. The lowest BCUT2D eigenvalue weighted by Crippen LogP contribution is -2.43. The smallest absolute Gasteiger partial charge is 0.338 e. The molecule has 2 aromatic rings. The van der Waals surface area contributed by atoms with Crippen molar-refractivity contribution in [2.24, 2.45) is 0 Å². The molecule has 0 saturated heterocycles. The number of hydrogen-bond acceptors (Lipinski definition) is 6. The highest BCUT2D eigenvalue weighted by Crippen LogP contribution is 2.15. The van der Waals surface area contributed by atoms with Crippen LogP contribution < -0.4 is 16.2 Å². The number of nitrogens with zero attached hydrogens (tertiary/aromatic N) is 1. The minimum Gasteiger partial charge on any atom is -0.452 e. The molecule has 3 amide bonds. The van der Waals surface area contributed by atoms with E-state index in [9.17, 15) is 19.2 Å². The van der Waals surface area contributed by atoms with E-state index in [4.69, 9.17) is 10.00 Å². The number of nitrogens with one attached hydrogen (secondary N) is 3. The van der Waals surface area contributed by atoms with Crippen LogP contribution in [0, 0.1) is 11.3 Å². The molecule has 2 aromatic carbocycles. The number of nitriles is 1. The van der Waals surface area contributed by atoms with Crippen LogP contribution in [0.1, 0.15) is 27.1 Å². The summed E-state index contributed by atoms with van der Waals surface area (Å²) < 4.78 is 5.43. The van der Waals surface area contributed by atoms with Gasteiger partial charge >= 0.3 is 5.97 Å². The van der Waals surface area contributed by atoms with E-state index in [0.717, 1.165) is 0 Å². The Kier molecular flexibility index (Phi) is 7.88. The number of halogens is 1. The van der Waals surface area contributed by atoms with Crippen LogP contribution in [0.15, 0.2) is 53.0 Å². The minimum absolute atomic E-state index is 0.160. The highest BCUT2D eigenvalue weighted by Gasteiger charge is 2.13. The normalized spacial score (nSPS) is 9.66. The lowest BCUT2D eigenvalue weighted by molar-refractivity contribution is -0.125. The van der Waals surface area contributed by atoms with Crippen molar-refractivity contribution >= 4 is 45.3 Å². The molecule has 3 N–H and O–H groups in total. The Balaban J connectivity index is 1.79. The van der Waals surface area contributed by atoms with Gasteiger partial charge in [0.05, 0.1) is 17.2 Å². The fourth-order valence-electron chi connectivity index (χ4n) is 2.06. The van der Waals surface area contributed by atoms with E-state index in [1.165, 1.54) is 24.3 Å². The maximum absolute atomic E-state index is 12.0. The Bertz CT molecular complexity index is 969. The topological polar surface area (TPSA) is 137 Å². The van der Waals surface area contributed by atoms with E-state index < -0.39 is 30.3 Å². The summed E-state index contributed by atoms with van der Waals surface area (Å²) >= 11 is 3.23. The molecule has 0 aliphatic carbocycles. The van der Waals surface area contributed by atoms with E-state index in [1.54, 1.807) is 30.3 Å². The molecule has 0 unspecified atom stereocenters. The highest BCUT2D eigenvalue weighted by molar-refractivity contribution is 9.10. The largest absolute Gasteiger partial charge is 0.452 e. The molecule has 0 heterocycles. The van der Waals surface area contributed by atoms with Gasteiger partial charge in [0.2, 0.25) is 5.91 Å². The van der Waals surface area contributed by atoms with Crippen LogP contribution in [0.2, 0.25) is 0 Å². The second-order valence-electron chi connectivity index (χ2n) is 5.52. The summed E-state index contributed by atoms with van der Waals surface area (Å²) in [5.74, 6) is -2.48. The van der Waals surface area contributed by atoms with Gasteiger partial charge in [0.1, 0.15) is 6.42 Å². The molecule has 10 heteroatoms. The third-order valence-electron chi connectivity index (χ3n) is 3.41. The molecule has 9 nitrogen and oxygen atoms in total. The number of hydrogen-bond donors (Lipinski definition) is 3. The van der Waals surface area contributed by atoms with Crippen LogP contribution in [-0.2, 0) is 14.3 Å². The van der Waals surface area contributed by atoms with Crippen molar-refractivity contribution in [2.75, 3.05) is 11.9 Å². The molecule has 0 atom stereocenters. The molecule has 0 saturated carbocycles. The summed E-state index contributed by atoms with van der Waals surface area (Å²) in [5.41, 5.74) is 5.26. The summed E-state index contributed by atoms with van der Waals surface area (Å²) in [5, 5.41) is 10.9. The van der Waals surface area contributed by atoms with E-state index in [0.29, 0.717) is 15.7 Å². The highest BCUT2D eigenvalue weighted by atomic mass is 79.9. The van der Waals surface area contributed by atoms with E-state index in [-0.39, 0.29) is 12.0 Å².